The van der Waals surface area contributed by atoms with E-state index < -0.39 is 18.2 Å². The molecule has 0 saturated heterocycles. The standard InChI is InChI=1S/C38H54ClN5O8/c1-5-50-35(46)27-43(22-23-44(37(47)51-6-2)38(48)52-7-3)26-34(45)40-20-14-12-10-8-9-11-13-15-21-41-36-30-18-16-28(39)24-33(30)42-32-19-17-29(49-4)25-31(32)36/h16-19,24-25H,5-15,20-23,26-27H2,1-4H3,(H,40,45)(H,41,42). The van der Waals surface area contributed by atoms with Gasteiger partial charge in [-0.25, -0.2) is 19.5 Å². The minimum absolute atomic E-state index is 0.0576. The predicted molar refractivity (Wildman–Crippen MR) is 203 cm³/mol. The lowest BCUT2D eigenvalue weighted by molar-refractivity contribution is -0.144. The Kier molecular flexibility index (Phi) is 18.8. The first-order valence-corrected chi connectivity index (χ1v) is 18.6. The highest BCUT2D eigenvalue weighted by atomic mass is 35.5. The van der Waals surface area contributed by atoms with Crippen molar-refractivity contribution in [3.63, 3.8) is 0 Å². The van der Waals surface area contributed by atoms with Crippen molar-refractivity contribution in [2.75, 3.05) is 71.5 Å². The number of methoxy groups -OCH3 is 1. The molecule has 2 N–H and O–H groups in total. The number of carbonyl (C=O) groups is 4. The Labute approximate surface area is 311 Å². The Morgan fingerprint density at radius 1 is 0.712 bits per heavy atom. The fraction of sp³-hybridized carbons (Fsp3) is 0.553. The van der Waals surface area contributed by atoms with E-state index in [0.717, 1.165) is 96.1 Å². The van der Waals surface area contributed by atoms with Gasteiger partial charge in [-0.3, -0.25) is 14.5 Å². The van der Waals surface area contributed by atoms with E-state index in [1.807, 2.05) is 36.4 Å². The number of ether oxygens (including phenoxy) is 4. The van der Waals surface area contributed by atoms with Crippen LogP contribution in [0, 0.1) is 0 Å². The van der Waals surface area contributed by atoms with Crippen LogP contribution in [0.15, 0.2) is 36.4 Å². The predicted octanol–water partition coefficient (Wildman–Crippen LogP) is 7.18. The third-order valence-corrected chi connectivity index (χ3v) is 8.55. The zero-order valence-corrected chi connectivity index (χ0v) is 31.7. The monoisotopic (exact) mass is 743 g/mol. The van der Waals surface area contributed by atoms with Crippen molar-refractivity contribution in [3.05, 3.63) is 41.4 Å². The van der Waals surface area contributed by atoms with Crippen LogP contribution in [0.4, 0.5) is 15.3 Å². The highest BCUT2D eigenvalue weighted by Crippen LogP contribution is 2.34. The summed E-state index contributed by atoms with van der Waals surface area (Å²) >= 11 is 6.25. The van der Waals surface area contributed by atoms with Crippen molar-refractivity contribution in [2.24, 2.45) is 0 Å². The third kappa shape index (κ3) is 14.0. The van der Waals surface area contributed by atoms with Crippen LogP contribution in [0.5, 0.6) is 5.75 Å². The molecule has 3 rings (SSSR count). The number of hydrogen-bond donors (Lipinski definition) is 2. The fourth-order valence-corrected chi connectivity index (χ4v) is 5.90. The van der Waals surface area contributed by atoms with Gasteiger partial charge in [-0.1, -0.05) is 50.1 Å². The number of benzene rings is 2. The molecule has 3 aromatic rings. The summed E-state index contributed by atoms with van der Waals surface area (Å²) in [4.78, 5) is 56.6. The Morgan fingerprint density at radius 3 is 1.98 bits per heavy atom. The Morgan fingerprint density at radius 2 is 1.35 bits per heavy atom. The van der Waals surface area contributed by atoms with E-state index in [1.165, 1.54) is 4.90 Å². The van der Waals surface area contributed by atoms with Crippen LogP contribution in [0.2, 0.25) is 5.02 Å². The molecule has 0 bridgehead atoms. The minimum atomic E-state index is -0.852. The number of esters is 1. The summed E-state index contributed by atoms with van der Waals surface area (Å²) < 4.78 is 20.4. The number of fused-ring (bicyclic) bond motifs is 2. The molecule has 2 aromatic carbocycles. The number of hydrogen-bond acceptors (Lipinski definition) is 11. The highest BCUT2D eigenvalue weighted by molar-refractivity contribution is 6.31. The molecule has 0 radical (unpaired) electrons. The largest absolute Gasteiger partial charge is 0.497 e. The maximum atomic E-state index is 12.7. The van der Waals surface area contributed by atoms with Gasteiger partial charge in [-0.05, 0) is 70.0 Å². The number of aromatic nitrogens is 1. The summed E-state index contributed by atoms with van der Waals surface area (Å²) in [6, 6.07) is 11.7. The van der Waals surface area contributed by atoms with Crippen LogP contribution in [0.25, 0.3) is 21.8 Å². The van der Waals surface area contributed by atoms with E-state index in [4.69, 9.17) is 35.5 Å². The molecular formula is C38H54ClN5O8. The van der Waals surface area contributed by atoms with Gasteiger partial charge < -0.3 is 29.6 Å². The zero-order valence-electron chi connectivity index (χ0n) is 31.0. The second kappa shape index (κ2) is 23.3. The highest BCUT2D eigenvalue weighted by Gasteiger charge is 2.26. The van der Waals surface area contributed by atoms with Crippen LogP contribution in [-0.2, 0) is 23.8 Å². The lowest BCUT2D eigenvalue weighted by Gasteiger charge is -2.25. The smallest absolute Gasteiger partial charge is 0.419 e. The normalized spacial score (nSPS) is 11.0. The number of imide groups is 1. The topological polar surface area (TPSA) is 149 Å². The van der Waals surface area contributed by atoms with Crippen LogP contribution in [0.3, 0.4) is 0 Å². The lowest BCUT2D eigenvalue weighted by Crippen LogP contribution is -2.46. The SMILES string of the molecule is CCOC(=O)CN(CCN(C(=O)OCC)C(=O)OCC)CC(=O)NCCCCCCCCCCNc1c2ccc(Cl)cc2nc2ccc(OC)cc12. The molecule has 0 aliphatic carbocycles. The van der Waals surface area contributed by atoms with Crippen molar-refractivity contribution in [1.82, 2.24) is 20.1 Å². The number of pyridine rings is 1. The number of anilines is 1. The first-order chi connectivity index (χ1) is 25.2. The average molecular weight is 744 g/mol. The van der Waals surface area contributed by atoms with Crippen LogP contribution in [-0.4, -0.2) is 105 Å². The van der Waals surface area contributed by atoms with Crippen molar-refractivity contribution in [1.29, 1.82) is 0 Å². The maximum absolute atomic E-state index is 12.7. The molecule has 0 atom stereocenters. The Bertz CT molecular complexity index is 1590. The second-order valence-corrected chi connectivity index (χ2v) is 12.6. The second-order valence-electron chi connectivity index (χ2n) is 12.2. The fourth-order valence-electron chi connectivity index (χ4n) is 5.73. The van der Waals surface area contributed by atoms with E-state index >= 15 is 0 Å². The van der Waals surface area contributed by atoms with Crippen LogP contribution < -0.4 is 15.4 Å². The van der Waals surface area contributed by atoms with Crippen LogP contribution in [0.1, 0.15) is 72.1 Å². The van der Waals surface area contributed by atoms with Gasteiger partial charge in [0, 0.05) is 42.0 Å². The number of carbonyl (C=O) groups excluding carboxylic acids is 4. The van der Waals surface area contributed by atoms with E-state index in [2.05, 4.69) is 10.6 Å². The summed E-state index contributed by atoms with van der Waals surface area (Å²) in [5.74, 6) is 0.0240. The Hall–Kier alpha value is -4.36. The molecule has 1 heterocycles. The molecule has 14 heteroatoms. The van der Waals surface area contributed by atoms with Gasteiger partial charge in [0.25, 0.3) is 0 Å². The van der Waals surface area contributed by atoms with Gasteiger partial charge in [-0.15, -0.1) is 0 Å². The number of rotatable bonds is 23. The molecular weight excluding hydrogens is 690 g/mol. The van der Waals surface area contributed by atoms with Gasteiger partial charge >= 0.3 is 18.2 Å². The molecule has 0 aliphatic heterocycles. The molecule has 52 heavy (non-hydrogen) atoms. The Balaban J connectivity index is 1.34. The summed E-state index contributed by atoms with van der Waals surface area (Å²) in [7, 11) is 1.66. The quantitative estimate of drug-likeness (QED) is 0.0440. The van der Waals surface area contributed by atoms with E-state index in [-0.39, 0.29) is 51.9 Å². The number of halogens is 1. The number of amides is 3. The van der Waals surface area contributed by atoms with Crippen molar-refractivity contribution in [3.8, 4) is 5.75 Å². The van der Waals surface area contributed by atoms with Crippen LogP contribution >= 0.6 is 11.6 Å². The van der Waals surface area contributed by atoms with Gasteiger partial charge in [0.2, 0.25) is 5.91 Å². The molecule has 0 aliphatic rings. The number of nitrogens with zero attached hydrogens (tertiary/aromatic N) is 3. The zero-order chi connectivity index (χ0) is 37.7. The third-order valence-electron chi connectivity index (χ3n) is 8.31. The molecule has 286 valence electrons. The van der Waals surface area contributed by atoms with E-state index in [0.29, 0.717) is 11.6 Å². The molecule has 13 nitrogen and oxygen atoms in total. The molecule has 3 amide bonds. The number of unbranched alkanes of at least 4 members (excludes halogenated alkanes) is 7. The van der Waals surface area contributed by atoms with Gasteiger partial charge in [0.1, 0.15) is 5.75 Å². The summed E-state index contributed by atoms with van der Waals surface area (Å²) in [6.45, 7) is 6.35. The lowest BCUT2D eigenvalue weighted by atomic mass is 10.1. The van der Waals surface area contributed by atoms with E-state index in [9.17, 15) is 19.2 Å². The molecule has 0 unspecified atom stereocenters. The summed E-state index contributed by atoms with van der Waals surface area (Å²) in [5, 5.41) is 9.27. The molecule has 1 aromatic heterocycles. The summed E-state index contributed by atoms with van der Waals surface area (Å²) in [6.07, 6.45) is 6.83. The van der Waals surface area contributed by atoms with Gasteiger partial charge in [-0.2, -0.15) is 0 Å². The van der Waals surface area contributed by atoms with E-state index in [1.54, 1.807) is 27.9 Å². The van der Waals surface area contributed by atoms with Gasteiger partial charge in [0.05, 0.1) is 56.7 Å². The first kappa shape index (κ1) is 42.1. The first-order valence-electron chi connectivity index (χ1n) is 18.3. The van der Waals surface area contributed by atoms with Gasteiger partial charge in [0.15, 0.2) is 0 Å². The maximum Gasteiger partial charge on any atom is 0.419 e. The average Bonchev–Trinajstić information content (AvgIpc) is 3.11. The molecule has 0 fully saturated rings. The minimum Gasteiger partial charge on any atom is -0.497 e. The van der Waals surface area contributed by atoms with Crippen molar-refractivity contribution < 1.29 is 38.1 Å². The molecule has 0 saturated carbocycles. The number of nitrogens with one attached hydrogen (secondary N) is 2. The summed E-state index contributed by atoms with van der Waals surface area (Å²) in [5.41, 5.74) is 2.79. The molecule has 0 spiro atoms. The van der Waals surface area contributed by atoms with Crippen molar-refractivity contribution >= 4 is 63.2 Å². The van der Waals surface area contributed by atoms with Crippen molar-refractivity contribution in [2.45, 2.75) is 72.1 Å².